The molecule has 0 spiro atoms. The molecule has 1 atom stereocenters. The molecule has 0 saturated heterocycles. The van der Waals surface area contributed by atoms with Crippen LogP contribution in [0.4, 0.5) is 0 Å². The van der Waals surface area contributed by atoms with Gasteiger partial charge in [0.25, 0.3) is 11.5 Å². The number of hydrogen-bond donors (Lipinski definition) is 0. The molecule has 7 heteroatoms. The van der Waals surface area contributed by atoms with Crippen molar-refractivity contribution in [2.45, 2.75) is 46.6 Å². The fourth-order valence-electron chi connectivity index (χ4n) is 6.49. The van der Waals surface area contributed by atoms with Crippen LogP contribution in [0.2, 0.25) is 0 Å². The minimum absolute atomic E-state index is 0.164. The molecule has 0 fully saturated rings. The second-order valence-corrected chi connectivity index (χ2v) is 12.9. The molecule has 49 heavy (non-hydrogen) atoms. The first-order chi connectivity index (χ1) is 23.9. The lowest BCUT2D eigenvalue weighted by atomic mass is 9.95. The Hall–Kier alpha value is -5.69. The molecule has 1 aliphatic rings. The molecule has 0 bridgehead atoms. The number of nitrogens with zero attached hydrogens (tertiary/aromatic N) is 3. The van der Waals surface area contributed by atoms with Crippen LogP contribution in [0.1, 0.15) is 46.1 Å². The second-order valence-electron chi connectivity index (χ2n) is 12.9. The minimum Gasteiger partial charge on any atom is -0.489 e. The lowest BCUT2D eigenvalue weighted by Gasteiger charge is -2.32. The van der Waals surface area contributed by atoms with Crippen LogP contribution in [0.3, 0.4) is 0 Å². The summed E-state index contributed by atoms with van der Waals surface area (Å²) >= 11 is 0. The van der Waals surface area contributed by atoms with Gasteiger partial charge in [-0.05, 0) is 59.7 Å². The highest BCUT2D eigenvalue weighted by molar-refractivity contribution is 6.07. The fraction of sp³-hybridized carbons (Fsp3) is 0.214. The fourth-order valence-corrected chi connectivity index (χ4v) is 6.49. The lowest BCUT2D eigenvalue weighted by molar-refractivity contribution is 0.0686. The number of hydrogen-bond acceptors (Lipinski definition) is 5. The van der Waals surface area contributed by atoms with Crippen LogP contribution in [0, 0.1) is 12.8 Å². The third-order valence-electron chi connectivity index (χ3n) is 9.05. The van der Waals surface area contributed by atoms with E-state index in [1.54, 1.807) is 10.8 Å². The van der Waals surface area contributed by atoms with Gasteiger partial charge < -0.3 is 18.9 Å². The third-order valence-corrected chi connectivity index (χ3v) is 9.05. The molecule has 3 heterocycles. The second kappa shape index (κ2) is 14.2. The van der Waals surface area contributed by atoms with Gasteiger partial charge in [-0.25, -0.2) is 0 Å². The molecule has 0 saturated carbocycles. The first-order valence-corrected chi connectivity index (χ1v) is 16.8. The molecule has 6 aromatic rings. The summed E-state index contributed by atoms with van der Waals surface area (Å²) in [6, 6.07) is 37.7. The van der Waals surface area contributed by atoms with Gasteiger partial charge in [0, 0.05) is 42.8 Å². The van der Waals surface area contributed by atoms with Crippen LogP contribution in [0.15, 0.2) is 126 Å². The summed E-state index contributed by atoms with van der Waals surface area (Å²) in [5.41, 5.74) is 6.25. The molecule has 1 aliphatic heterocycles. The number of ether oxygens (including phenoxy) is 2. The number of amides is 1. The first-order valence-electron chi connectivity index (χ1n) is 16.8. The Morgan fingerprint density at radius 3 is 2.02 bits per heavy atom. The van der Waals surface area contributed by atoms with Gasteiger partial charge in [-0.2, -0.15) is 0 Å². The molecular weight excluding hydrogens is 610 g/mol. The monoisotopic (exact) mass is 649 g/mol. The molecule has 0 N–H and O–H groups in total. The summed E-state index contributed by atoms with van der Waals surface area (Å²) in [6.45, 7) is 6.28. The molecular formula is C42H39N3O4. The molecule has 0 radical (unpaired) electrons. The van der Waals surface area contributed by atoms with Crippen molar-refractivity contribution in [2.24, 2.45) is 5.92 Å². The van der Waals surface area contributed by atoms with Crippen molar-refractivity contribution < 1.29 is 14.3 Å². The maximum atomic E-state index is 14.9. The highest BCUT2D eigenvalue weighted by atomic mass is 16.5. The van der Waals surface area contributed by atoms with E-state index in [9.17, 15) is 9.59 Å². The Bertz CT molecular complexity index is 2080. The van der Waals surface area contributed by atoms with Gasteiger partial charge in [0.1, 0.15) is 35.9 Å². The Kier molecular flexibility index (Phi) is 9.24. The number of fused-ring (bicyclic) bond motifs is 2. The van der Waals surface area contributed by atoms with Gasteiger partial charge in [-0.15, -0.1) is 0 Å². The van der Waals surface area contributed by atoms with Gasteiger partial charge in [0.15, 0.2) is 0 Å². The van der Waals surface area contributed by atoms with Crippen LogP contribution >= 0.6 is 0 Å². The van der Waals surface area contributed by atoms with E-state index >= 15 is 0 Å². The number of aromatic nitrogens is 2. The highest BCUT2D eigenvalue weighted by Crippen LogP contribution is 2.34. The smallest absolute Gasteiger partial charge is 0.277 e. The van der Waals surface area contributed by atoms with Crippen molar-refractivity contribution in [3.63, 3.8) is 0 Å². The summed E-state index contributed by atoms with van der Waals surface area (Å²) in [6.07, 6.45) is 2.38. The Balaban J connectivity index is 1.29. The summed E-state index contributed by atoms with van der Waals surface area (Å²) < 4.78 is 14.2. The molecule has 7 rings (SSSR count). The molecule has 246 valence electrons. The number of aryl methyl sites for hydroxylation is 1. The van der Waals surface area contributed by atoms with Crippen LogP contribution in [0.25, 0.3) is 22.0 Å². The van der Waals surface area contributed by atoms with Crippen LogP contribution in [0.5, 0.6) is 11.5 Å². The molecule has 1 amide bonds. The maximum Gasteiger partial charge on any atom is 0.277 e. The van der Waals surface area contributed by atoms with Crippen molar-refractivity contribution in [1.82, 2.24) is 14.5 Å². The summed E-state index contributed by atoms with van der Waals surface area (Å²) in [5.74, 6) is 1.29. The summed E-state index contributed by atoms with van der Waals surface area (Å²) in [4.78, 5) is 35.2. The number of pyridine rings is 2. The van der Waals surface area contributed by atoms with E-state index in [-0.39, 0.29) is 17.4 Å². The Morgan fingerprint density at radius 2 is 1.39 bits per heavy atom. The van der Waals surface area contributed by atoms with E-state index in [1.807, 2.05) is 127 Å². The predicted octanol–water partition coefficient (Wildman–Crippen LogP) is 8.21. The van der Waals surface area contributed by atoms with Crippen LogP contribution in [-0.4, -0.2) is 26.9 Å². The normalized spacial score (nSPS) is 14.6. The van der Waals surface area contributed by atoms with Gasteiger partial charge in [-0.3, -0.25) is 14.6 Å². The quantitative estimate of drug-likeness (QED) is 0.158. The van der Waals surface area contributed by atoms with Crippen molar-refractivity contribution >= 4 is 16.8 Å². The lowest BCUT2D eigenvalue weighted by Crippen LogP contribution is -2.41. The van der Waals surface area contributed by atoms with Crippen LogP contribution in [-0.2, 0) is 26.3 Å². The van der Waals surface area contributed by atoms with Gasteiger partial charge in [0.05, 0.1) is 0 Å². The predicted molar refractivity (Wildman–Crippen MR) is 193 cm³/mol. The number of carbonyl (C=O) groups excluding carboxylic acids is 1. The average molecular weight is 650 g/mol. The van der Waals surface area contributed by atoms with Crippen molar-refractivity contribution in [2.75, 3.05) is 6.54 Å². The Morgan fingerprint density at radius 1 is 0.755 bits per heavy atom. The maximum absolute atomic E-state index is 14.9. The Labute approximate surface area is 286 Å². The van der Waals surface area contributed by atoms with Crippen LogP contribution < -0.4 is 15.0 Å². The van der Waals surface area contributed by atoms with E-state index in [0.29, 0.717) is 60.9 Å². The standard InChI is InChI=1S/C42H39N3O4/c1-29-15-17-34(18-16-29)38-37-14-9-20-43-39(37)41(46)45-21-19-30(2)25-44(42(47)40(38)45)26-33-22-35(48-27-31-10-5-3-6-11-31)24-36(23-33)49-28-32-12-7-4-8-13-32/h3-18,20,22-24,30H,19,21,25-28H2,1-2H3/t30-/m1/s1. The largest absolute Gasteiger partial charge is 0.489 e. The minimum atomic E-state index is -0.239. The summed E-state index contributed by atoms with van der Waals surface area (Å²) in [7, 11) is 0. The zero-order valence-electron chi connectivity index (χ0n) is 27.8. The zero-order valence-corrected chi connectivity index (χ0v) is 27.8. The van der Waals surface area contributed by atoms with Gasteiger partial charge in [-0.1, -0.05) is 103 Å². The third kappa shape index (κ3) is 7.11. The number of benzene rings is 4. The van der Waals surface area contributed by atoms with Crippen molar-refractivity contribution in [3.8, 4) is 22.6 Å². The van der Waals surface area contributed by atoms with E-state index in [0.717, 1.165) is 39.8 Å². The van der Waals surface area contributed by atoms with Crippen molar-refractivity contribution in [1.29, 1.82) is 0 Å². The molecule has 2 aromatic heterocycles. The van der Waals surface area contributed by atoms with Crippen molar-refractivity contribution in [3.05, 3.63) is 160 Å². The molecule has 7 nitrogen and oxygen atoms in total. The van der Waals surface area contributed by atoms with Gasteiger partial charge >= 0.3 is 0 Å². The molecule has 4 aromatic carbocycles. The number of carbonyl (C=O) groups is 1. The average Bonchev–Trinajstić information content (AvgIpc) is 3.13. The zero-order chi connectivity index (χ0) is 33.7. The number of rotatable bonds is 9. The molecule has 0 unspecified atom stereocenters. The van der Waals surface area contributed by atoms with E-state index < -0.39 is 0 Å². The summed E-state index contributed by atoms with van der Waals surface area (Å²) in [5, 5.41) is 0.678. The first kappa shape index (κ1) is 31.9. The van der Waals surface area contributed by atoms with E-state index in [2.05, 4.69) is 11.9 Å². The van der Waals surface area contributed by atoms with E-state index in [1.165, 1.54) is 0 Å². The molecule has 0 aliphatic carbocycles. The topological polar surface area (TPSA) is 73.7 Å². The SMILES string of the molecule is Cc1ccc(-c2c3n(c(=O)c4ncccc24)CC[C@@H](C)CN(Cc2cc(OCc4ccccc4)cc(OCc4ccccc4)c2)C3=O)cc1. The van der Waals surface area contributed by atoms with Gasteiger partial charge in [0.2, 0.25) is 0 Å². The highest BCUT2D eigenvalue weighted by Gasteiger charge is 2.30. The van der Waals surface area contributed by atoms with E-state index in [4.69, 9.17) is 9.47 Å².